The molecule has 0 amide bonds. The molecular weight excluding hydrogens is 276 g/mol. The SMILES string of the molecule is [CH2]CCCCCC=CCCCCCCCCCCCCCC[CH2]. The van der Waals surface area contributed by atoms with E-state index >= 15 is 0 Å². The van der Waals surface area contributed by atoms with E-state index in [0.717, 1.165) is 12.8 Å². The average molecular weight is 321 g/mol. The second-order valence-corrected chi connectivity index (χ2v) is 7.06. The molecule has 0 aromatic rings. The summed E-state index contributed by atoms with van der Waals surface area (Å²) in [6, 6.07) is 0. The van der Waals surface area contributed by atoms with Crippen LogP contribution in [-0.4, -0.2) is 0 Å². The average Bonchev–Trinajstić information content (AvgIpc) is 2.57. The van der Waals surface area contributed by atoms with Gasteiger partial charge in [0, 0.05) is 0 Å². The summed E-state index contributed by atoms with van der Waals surface area (Å²) >= 11 is 0. The highest BCUT2D eigenvalue weighted by Crippen LogP contribution is 2.13. The first-order chi connectivity index (χ1) is 11.4. The lowest BCUT2D eigenvalue weighted by Crippen LogP contribution is -1.82. The third-order valence-corrected chi connectivity index (χ3v) is 4.66. The minimum Gasteiger partial charge on any atom is -0.0885 e. The second-order valence-electron chi connectivity index (χ2n) is 7.06. The predicted octanol–water partition coefficient (Wildman–Crippen LogP) is 8.62. The van der Waals surface area contributed by atoms with Crippen LogP contribution in [0.1, 0.15) is 122 Å². The third-order valence-electron chi connectivity index (χ3n) is 4.66. The van der Waals surface area contributed by atoms with Crippen molar-refractivity contribution in [2.75, 3.05) is 0 Å². The van der Waals surface area contributed by atoms with E-state index in [4.69, 9.17) is 0 Å². The Kier molecular flexibility index (Phi) is 21.5. The minimum atomic E-state index is 1.10. The first-order valence-corrected chi connectivity index (χ1v) is 10.6. The molecule has 0 bridgehead atoms. The van der Waals surface area contributed by atoms with Gasteiger partial charge >= 0.3 is 0 Å². The minimum absolute atomic E-state index is 1.10. The molecule has 0 rings (SSSR count). The van der Waals surface area contributed by atoms with Crippen LogP contribution in [0.4, 0.5) is 0 Å². The van der Waals surface area contributed by atoms with Crippen LogP contribution in [0, 0.1) is 13.8 Å². The van der Waals surface area contributed by atoms with Gasteiger partial charge < -0.3 is 0 Å². The Hall–Kier alpha value is -0.260. The molecule has 0 aliphatic rings. The first-order valence-electron chi connectivity index (χ1n) is 10.6. The van der Waals surface area contributed by atoms with Crippen molar-refractivity contribution in [1.82, 2.24) is 0 Å². The van der Waals surface area contributed by atoms with Gasteiger partial charge in [0.1, 0.15) is 0 Å². The lowest BCUT2D eigenvalue weighted by atomic mass is 10.0. The maximum Gasteiger partial charge on any atom is -0.0351 e. The normalized spacial score (nSPS) is 11.6. The summed E-state index contributed by atoms with van der Waals surface area (Å²) < 4.78 is 0. The summed E-state index contributed by atoms with van der Waals surface area (Å²) in [4.78, 5) is 0. The predicted molar refractivity (Wildman–Crippen MR) is 108 cm³/mol. The molecule has 0 heteroatoms. The van der Waals surface area contributed by atoms with E-state index in [2.05, 4.69) is 26.0 Å². The number of allylic oxidation sites excluding steroid dienone is 2. The lowest BCUT2D eigenvalue weighted by Gasteiger charge is -2.02. The van der Waals surface area contributed by atoms with Gasteiger partial charge in [-0.1, -0.05) is 122 Å². The molecule has 0 aromatic heterocycles. The molecule has 23 heavy (non-hydrogen) atoms. The van der Waals surface area contributed by atoms with Crippen molar-refractivity contribution in [2.45, 2.75) is 122 Å². The molecule has 0 saturated carbocycles. The Labute approximate surface area is 148 Å². The van der Waals surface area contributed by atoms with Crippen molar-refractivity contribution < 1.29 is 0 Å². The summed E-state index contributed by atoms with van der Waals surface area (Å²) in [5, 5.41) is 0. The molecule has 0 N–H and O–H groups in total. The van der Waals surface area contributed by atoms with Crippen LogP contribution in [0.25, 0.3) is 0 Å². The zero-order valence-electron chi connectivity index (χ0n) is 16.0. The highest BCUT2D eigenvalue weighted by molar-refractivity contribution is 4.81. The fourth-order valence-electron chi connectivity index (χ4n) is 3.06. The van der Waals surface area contributed by atoms with Crippen LogP contribution in [0.5, 0.6) is 0 Å². The Morgan fingerprint density at radius 3 is 0.957 bits per heavy atom. The molecule has 136 valence electrons. The third kappa shape index (κ3) is 21.7. The van der Waals surface area contributed by atoms with Crippen molar-refractivity contribution >= 4 is 0 Å². The summed E-state index contributed by atoms with van der Waals surface area (Å²) in [6.07, 6.45) is 30.7. The molecule has 0 aliphatic carbocycles. The monoisotopic (exact) mass is 320 g/mol. The Bertz CT molecular complexity index is 216. The topological polar surface area (TPSA) is 0 Å². The number of unbranched alkanes of at least 4 members (excludes halogenated alkanes) is 17. The van der Waals surface area contributed by atoms with Gasteiger partial charge in [0.15, 0.2) is 0 Å². The van der Waals surface area contributed by atoms with Gasteiger partial charge in [0.25, 0.3) is 0 Å². The first kappa shape index (κ1) is 22.7. The molecule has 0 unspecified atom stereocenters. The molecule has 0 fully saturated rings. The van der Waals surface area contributed by atoms with Gasteiger partial charge in [-0.3, -0.25) is 0 Å². The summed E-state index contributed by atoms with van der Waals surface area (Å²) in [5.74, 6) is 0. The fourth-order valence-corrected chi connectivity index (χ4v) is 3.06. The van der Waals surface area contributed by atoms with Crippen LogP contribution in [-0.2, 0) is 0 Å². The van der Waals surface area contributed by atoms with Crippen LogP contribution < -0.4 is 0 Å². The van der Waals surface area contributed by atoms with Crippen LogP contribution >= 0.6 is 0 Å². The van der Waals surface area contributed by atoms with Crippen molar-refractivity contribution in [3.05, 3.63) is 26.0 Å². The molecular formula is C23H44. The van der Waals surface area contributed by atoms with E-state index in [1.54, 1.807) is 0 Å². The van der Waals surface area contributed by atoms with E-state index < -0.39 is 0 Å². The van der Waals surface area contributed by atoms with Crippen molar-refractivity contribution in [2.24, 2.45) is 0 Å². The maximum absolute atomic E-state index is 3.90. The maximum atomic E-state index is 3.90. The Balaban J connectivity index is 3.01. The molecule has 0 aliphatic heterocycles. The molecule has 0 atom stereocenters. The number of hydrogen-bond acceptors (Lipinski definition) is 0. The van der Waals surface area contributed by atoms with Gasteiger partial charge in [0.2, 0.25) is 0 Å². The molecule has 0 aromatic carbocycles. The van der Waals surface area contributed by atoms with Crippen LogP contribution in [0.3, 0.4) is 0 Å². The zero-order valence-corrected chi connectivity index (χ0v) is 16.0. The zero-order chi connectivity index (χ0) is 16.8. The molecule has 0 saturated heterocycles. The Morgan fingerprint density at radius 2 is 0.609 bits per heavy atom. The second kappa shape index (κ2) is 21.7. The lowest BCUT2D eigenvalue weighted by molar-refractivity contribution is 0.542. The van der Waals surface area contributed by atoms with Crippen LogP contribution in [0.2, 0.25) is 0 Å². The van der Waals surface area contributed by atoms with Gasteiger partial charge in [-0.25, -0.2) is 0 Å². The van der Waals surface area contributed by atoms with E-state index in [9.17, 15) is 0 Å². The molecule has 0 spiro atoms. The molecule has 0 nitrogen and oxygen atoms in total. The highest BCUT2D eigenvalue weighted by Gasteiger charge is 1.93. The quantitative estimate of drug-likeness (QED) is 0.165. The van der Waals surface area contributed by atoms with Crippen molar-refractivity contribution in [1.29, 1.82) is 0 Å². The summed E-state index contributed by atoms with van der Waals surface area (Å²) in [5.41, 5.74) is 0. The standard InChI is InChI=1S/C23H44/c1-3-5-7-9-11-13-15-17-19-21-23-22-20-18-16-14-12-10-8-6-4-2/h13,15H,1-12,14,16-23H2. The fraction of sp³-hybridized carbons (Fsp3) is 0.826. The van der Waals surface area contributed by atoms with Gasteiger partial charge in [0.05, 0.1) is 0 Å². The van der Waals surface area contributed by atoms with Gasteiger partial charge in [-0.05, 0) is 25.7 Å². The van der Waals surface area contributed by atoms with E-state index in [0.29, 0.717) is 0 Å². The Morgan fingerprint density at radius 1 is 0.348 bits per heavy atom. The molecule has 0 heterocycles. The van der Waals surface area contributed by atoms with E-state index in [-0.39, 0.29) is 0 Å². The van der Waals surface area contributed by atoms with Gasteiger partial charge in [-0.2, -0.15) is 0 Å². The van der Waals surface area contributed by atoms with Crippen molar-refractivity contribution in [3.63, 3.8) is 0 Å². The van der Waals surface area contributed by atoms with Crippen molar-refractivity contribution in [3.8, 4) is 0 Å². The summed E-state index contributed by atoms with van der Waals surface area (Å²) in [6.45, 7) is 7.78. The van der Waals surface area contributed by atoms with E-state index in [1.807, 2.05) is 0 Å². The summed E-state index contributed by atoms with van der Waals surface area (Å²) in [7, 11) is 0. The van der Waals surface area contributed by atoms with Crippen LogP contribution in [0.15, 0.2) is 12.2 Å². The molecule has 2 radical (unpaired) electrons. The number of rotatable bonds is 19. The number of hydrogen-bond donors (Lipinski definition) is 0. The largest absolute Gasteiger partial charge is 0.0885 e. The smallest absolute Gasteiger partial charge is 0.0351 e. The van der Waals surface area contributed by atoms with E-state index in [1.165, 1.54) is 109 Å². The van der Waals surface area contributed by atoms with Gasteiger partial charge in [-0.15, -0.1) is 0 Å². The highest BCUT2D eigenvalue weighted by atomic mass is 14.0.